The van der Waals surface area contributed by atoms with Crippen LogP contribution in [0, 0.1) is 30.6 Å². The first kappa shape index (κ1) is 42.0. The van der Waals surface area contributed by atoms with Crippen molar-refractivity contribution in [1.82, 2.24) is 9.97 Å². The van der Waals surface area contributed by atoms with Crippen molar-refractivity contribution in [3.8, 4) is 0 Å². The molecule has 0 N–H and O–H groups in total. The molecule has 0 radical (unpaired) electrons. The van der Waals surface area contributed by atoms with Crippen LogP contribution in [0.1, 0.15) is 21.1 Å². The summed E-state index contributed by atoms with van der Waals surface area (Å²) in [5.41, 5.74) is 2.18. The summed E-state index contributed by atoms with van der Waals surface area (Å²) in [5, 5.41) is 29.5. The standard InChI is InChI=1S/2C12H11BrN2S.2Ag.2NO3/c2*13-12-5-4-11(16-12)9-14-8-6-10-3-1-2-7-15-10;;;2*2-1(3)4/h2*1-5,7,9H,6,8H2;;;;/q;;2*+1;2*-1. The first-order chi connectivity index (χ1) is 19.2. The second-order valence-corrected chi connectivity index (χ2v) is 11.9. The van der Waals surface area contributed by atoms with Gasteiger partial charge in [-0.05, 0) is 80.4 Å². The van der Waals surface area contributed by atoms with E-state index >= 15 is 0 Å². The normalized spacial score (nSPS) is 9.57. The number of nitrogens with zero attached hydrogens (tertiary/aromatic N) is 6. The van der Waals surface area contributed by atoms with Crippen molar-refractivity contribution >= 4 is 67.0 Å². The van der Waals surface area contributed by atoms with E-state index in [-0.39, 0.29) is 44.8 Å². The van der Waals surface area contributed by atoms with Crippen molar-refractivity contribution in [2.24, 2.45) is 9.98 Å². The fourth-order valence-corrected chi connectivity index (χ4v) is 5.19. The van der Waals surface area contributed by atoms with E-state index in [1.807, 2.05) is 73.4 Å². The van der Waals surface area contributed by atoms with Crippen LogP contribution in [0.3, 0.4) is 0 Å². The molecule has 232 valence electrons. The summed E-state index contributed by atoms with van der Waals surface area (Å²) in [4.78, 5) is 36.1. The van der Waals surface area contributed by atoms with E-state index < -0.39 is 10.2 Å². The summed E-state index contributed by atoms with van der Waals surface area (Å²) in [5.74, 6) is 0. The van der Waals surface area contributed by atoms with E-state index in [9.17, 15) is 0 Å². The number of halogens is 2. The average molecular weight is 930 g/mol. The number of hydrogen-bond acceptors (Lipinski definition) is 12. The zero-order chi connectivity index (χ0) is 29.6. The largest absolute Gasteiger partial charge is 1.00 e. The Labute approximate surface area is 297 Å². The topological polar surface area (TPSA) is 183 Å². The van der Waals surface area contributed by atoms with Gasteiger partial charge in [-0.15, -0.1) is 22.7 Å². The van der Waals surface area contributed by atoms with Gasteiger partial charge in [0.25, 0.3) is 0 Å². The van der Waals surface area contributed by atoms with Crippen LogP contribution in [-0.4, -0.2) is 45.7 Å². The van der Waals surface area contributed by atoms with E-state index in [0.717, 1.165) is 44.9 Å². The molecule has 4 rings (SSSR count). The molecular formula is C24H22Ag2Br2N6O6S2. The molecule has 12 nitrogen and oxygen atoms in total. The molecule has 0 spiro atoms. The van der Waals surface area contributed by atoms with Gasteiger partial charge >= 0.3 is 44.8 Å². The van der Waals surface area contributed by atoms with E-state index in [1.54, 1.807) is 22.7 Å². The quantitative estimate of drug-likeness (QED) is 0.0815. The molecule has 0 fully saturated rings. The second kappa shape index (κ2) is 26.5. The Kier molecular flexibility index (Phi) is 26.5. The molecule has 0 bridgehead atoms. The van der Waals surface area contributed by atoms with Crippen LogP contribution in [0.5, 0.6) is 0 Å². The summed E-state index contributed by atoms with van der Waals surface area (Å²) in [6, 6.07) is 20.1. The van der Waals surface area contributed by atoms with Crippen LogP contribution >= 0.6 is 54.5 Å². The molecule has 42 heavy (non-hydrogen) atoms. The third kappa shape index (κ3) is 24.5. The summed E-state index contributed by atoms with van der Waals surface area (Å²) in [6.07, 6.45) is 9.25. The number of hydrogen-bond donors (Lipinski definition) is 0. The first-order valence-corrected chi connectivity index (χ1v) is 14.3. The van der Waals surface area contributed by atoms with Gasteiger partial charge in [-0.3, -0.25) is 20.0 Å². The fourth-order valence-electron chi connectivity index (χ4n) is 2.55. The van der Waals surface area contributed by atoms with E-state index in [4.69, 9.17) is 30.6 Å². The number of thiophene rings is 2. The molecule has 0 atom stereocenters. The molecule has 4 aromatic heterocycles. The van der Waals surface area contributed by atoms with Crippen LogP contribution in [-0.2, 0) is 57.6 Å². The summed E-state index contributed by atoms with van der Waals surface area (Å²) in [7, 11) is 0. The molecule has 0 unspecified atom stereocenters. The number of rotatable bonds is 8. The molecule has 0 aliphatic carbocycles. The predicted molar refractivity (Wildman–Crippen MR) is 166 cm³/mol. The van der Waals surface area contributed by atoms with Gasteiger partial charge < -0.3 is 30.6 Å². The molecule has 0 saturated heterocycles. The van der Waals surface area contributed by atoms with Crippen LogP contribution in [0.4, 0.5) is 0 Å². The van der Waals surface area contributed by atoms with Crippen molar-refractivity contribution < 1.29 is 54.9 Å². The zero-order valence-corrected chi connectivity index (χ0v) is 29.0. The van der Waals surface area contributed by atoms with Gasteiger partial charge in [0.15, 0.2) is 0 Å². The predicted octanol–water partition coefficient (Wildman–Crippen LogP) is 6.65. The Morgan fingerprint density at radius 3 is 1.29 bits per heavy atom. The maximum absolute atomic E-state index is 8.25. The van der Waals surface area contributed by atoms with Gasteiger partial charge in [0.1, 0.15) is 0 Å². The van der Waals surface area contributed by atoms with Crippen molar-refractivity contribution in [3.63, 3.8) is 0 Å². The fraction of sp³-hybridized carbons (Fsp3) is 0.167. The smallest absolute Gasteiger partial charge is 0.356 e. The van der Waals surface area contributed by atoms with Crippen LogP contribution in [0.2, 0.25) is 0 Å². The summed E-state index contributed by atoms with van der Waals surface area (Å²) in [6.45, 7) is 1.57. The summed E-state index contributed by atoms with van der Waals surface area (Å²) >= 11 is 10.2. The number of pyridine rings is 2. The van der Waals surface area contributed by atoms with E-state index in [1.165, 1.54) is 9.75 Å². The Balaban J connectivity index is 0. The molecule has 0 aromatic carbocycles. The van der Waals surface area contributed by atoms with Gasteiger partial charge in [-0.1, -0.05) is 12.1 Å². The van der Waals surface area contributed by atoms with Crippen LogP contribution < -0.4 is 0 Å². The molecular weight excluding hydrogens is 908 g/mol. The molecule has 0 aliphatic rings. The number of aromatic nitrogens is 2. The summed E-state index contributed by atoms with van der Waals surface area (Å²) < 4.78 is 2.28. The minimum absolute atomic E-state index is 0. The van der Waals surface area contributed by atoms with Gasteiger partial charge in [-0.2, -0.15) is 0 Å². The molecule has 4 aromatic rings. The molecule has 0 aliphatic heterocycles. The molecule has 0 saturated carbocycles. The monoisotopic (exact) mass is 926 g/mol. The minimum Gasteiger partial charge on any atom is -0.356 e. The third-order valence-corrected chi connectivity index (χ3v) is 7.19. The van der Waals surface area contributed by atoms with Gasteiger partial charge in [0.05, 0.1) is 17.7 Å². The Bertz CT molecular complexity index is 1230. The van der Waals surface area contributed by atoms with Crippen LogP contribution in [0.15, 0.2) is 90.6 Å². The number of aliphatic imine (C=N–C) groups is 2. The minimum atomic E-state index is -1.75. The Morgan fingerprint density at radius 2 is 1.02 bits per heavy atom. The molecule has 0 amide bonds. The maximum atomic E-state index is 8.25. The maximum Gasteiger partial charge on any atom is 1.00 e. The Hall–Kier alpha value is -2.12. The molecule has 4 heterocycles. The van der Waals surface area contributed by atoms with Crippen molar-refractivity contribution in [1.29, 1.82) is 0 Å². The Morgan fingerprint density at radius 1 is 0.667 bits per heavy atom. The third-order valence-electron chi connectivity index (χ3n) is 4.07. The molecule has 18 heteroatoms. The van der Waals surface area contributed by atoms with Gasteiger partial charge in [-0.25, -0.2) is 0 Å². The van der Waals surface area contributed by atoms with E-state index in [0.29, 0.717) is 0 Å². The average Bonchev–Trinajstić information content (AvgIpc) is 3.53. The second-order valence-electron chi connectivity index (χ2n) is 6.94. The van der Waals surface area contributed by atoms with Crippen molar-refractivity contribution in [2.75, 3.05) is 13.1 Å². The van der Waals surface area contributed by atoms with Gasteiger partial charge in [0.2, 0.25) is 0 Å². The van der Waals surface area contributed by atoms with E-state index in [2.05, 4.69) is 63.9 Å². The first-order valence-electron chi connectivity index (χ1n) is 11.1. The van der Waals surface area contributed by atoms with Crippen molar-refractivity contribution in [3.05, 3.63) is 132 Å². The zero-order valence-electron chi connectivity index (χ0n) is 21.2. The van der Waals surface area contributed by atoms with Crippen molar-refractivity contribution in [2.45, 2.75) is 12.8 Å². The van der Waals surface area contributed by atoms with Crippen LogP contribution in [0.25, 0.3) is 0 Å². The van der Waals surface area contributed by atoms with Gasteiger partial charge in [0, 0.05) is 71.9 Å². The SMILES string of the molecule is Brc1ccc(C=NCCc2ccccn2)s1.Brc1ccc(C=NCCc2ccccn2)s1.O=[N+]([O-])[O-].O=[N+]([O-])[O-].[Ag+].[Ag+].